The molecule has 11 atom stereocenters. The Bertz CT molecular complexity index is 1000. The fraction of sp³-hybridized carbons (Fsp3) is 0.844. The van der Waals surface area contributed by atoms with Crippen LogP contribution in [0, 0.1) is 39.9 Å². The van der Waals surface area contributed by atoms with Gasteiger partial charge in [0.2, 0.25) is 5.91 Å². The van der Waals surface area contributed by atoms with Crippen molar-refractivity contribution < 1.29 is 29.3 Å². The molecule has 226 valence electrons. The first-order chi connectivity index (χ1) is 18.7. The molecule has 0 aromatic heterocycles. The summed E-state index contributed by atoms with van der Waals surface area (Å²) in [5.74, 6) is -0.273. The van der Waals surface area contributed by atoms with Crippen LogP contribution in [0.5, 0.6) is 0 Å². The highest BCUT2D eigenvalue weighted by Crippen LogP contribution is 2.68. The Hall–Kier alpha value is -1.38. The average molecular weight is 578 g/mol. The minimum atomic E-state index is -0.692. The first-order valence-electron chi connectivity index (χ1n) is 15.3. The van der Waals surface area contributed by atoms with E-state index in [2.05, 4.69) is 32.7 Å². The second kappa shape index (κ2) is 11.7. The van der Waals surface area contributed by atoms with E-state index < -0.39 is 29.1 Å². The molecule has 0 spiro atoms. The first kappa shape index (κ1) is 31.6. The molecule has 4 aliphatic carbocycles. The number of esters is 1. The zero-order valence-corrected chi connectivity index (χ0v) is 26.1. The van der Waals surface area contributed by atoms with E-state index in [9.17, 15) is 24.6 Å². The lowest BCUT2D eigenvalue weighted by Gasteiger charge is -2.61. The number of aliphatic hydroxyl groups is 2. The molecule has 0 saturated heterocycles. The third kappa shape index (κ3) is 5.42. The molecule has 4 fully saturated rings. The Morgan fingerprint density at radius 1 is 1.18 bits per heavy atom. The summed E-state index contributed by atoms with van der Waals surface area (Å²) in [4.78, 5) is 39.2. The molecule has 40 heavy (non-hydrogen) atoms. The fourth-order valence-electron chi connectivity index (χ4n) is 8.66. The highest BCUT2D eigenvalue weighted by atomic mass is 32.2. The zero-order valence-electron chi connectivity index (χ0n) is 25.3. The van der Waals surface area contributed by atoms with Gasteiger partial charge >= 0.3 is 5.97 Å². The van der Waals surface area contributed by atoms with Crippen LogP contribution in [0.3, 0.4) is 0 Å². The summed E-state index contributed by atoms with van der Waals surface area (Å²) in [6, 6.07) is -0.0160. The van der Waals surface area contributed by atoms with Gasteiger partial charge in [0.25, 0.3) is 0 Å². The van der Waals surface area contributed by atoms with Crippen molar-refractivity contribution in [2.75, 3.05) is 5.75 Å². The van der Waals surface area contributed by atoms with Gasteiger partial charge in [-0.05, 0) is 62.2 Å². The van der Waals surface area contributed by atoms with Crippen molar-refractivity contribution in [3.63, 3.8) is 0 Å². The third-order valence-electron chi connectivity index (χ3n) is 11.6. The van der Waals surface area contributed by atoms with E-state index in [4.69, 9.17) is 4.74 Å². The van der Waals surface area contributed by atoms with Gasteiger partial charge in [0, 0.05) is 40.4 Å². The number of carbonyl (C=O) groups excluding carboxylic acids is 3. The summed E-state index contributed by atoms with van der Waals surface area (Å²) >= 11 is 1.39. The number of thioether (sulfide) groups is 1. The molecule has 4 saturated carbocycles. The number of ketones is 1. The molecular weight excluding hydrogens is 526 g/mol. The van der Waals surface area contributed by atoms with Crippen molar-refractivity contribution in [2.45, 2.75) is 123 Å². The van der Waals surface area contributed by atoms with Crippen LogP contribution >= 0.6 is 11.8 Å². The summed E-state index contributed by atoms with van der Waals surface area (Å²) in [6.07, 6.45) is 5.47. The Kier molecular flexibility index (Phi) is 9.24. The smallest absolute Gasteiger partial charge is 0.316 e. The third-order valence-corrected chi connectivity index (χ3v) is 13.0. The average Bonchev–Trinajstić information content (AvgIpc) is 3.27. The standard InChI is InChI=1S/C32H51NO6S/c1-8-30(6)16-25(31(7)19(4)11-13-32(20(5)28(30)37)14-12-23(35)27(31)32)39-26(36)17-40-24-15-21(9-10-22(24)34)33-29(38)18(2)3/h8,18-22,24-25,27-28,34,37H,1,9-17H2,2-7H3,(H,33,38)/t19?,20-,21+,22+,24-,25+,27-,28-,30+,31-,32?/m0/s1. The van der Waals surface area contributed by atoms with Crippen LogP contribution in [-0.2, 0) is 19.1 Å². The maximum absolute atomic E-state index is 13.6. The van der Waals surface area contributed by atoms with Crippen LogP contribution in [0.4, 0.5) is 0 Å². The molecule has 0 aliphatic heterocycles. The van der Waals surface area contributed by atoms with Gasteiger partial charge in [-0.1, -0.05) is 47.6 Å². The van der Waals surface area contributed by atoms with Crippen molar-refractivity contribution in [3.8, 4) is 0 Å². The SMILES string of the molecule is C=C[C@]1(C)C[C@@H](OC(=O)CS[C@H]2C[C@H](NC(=O)C(C)C)CC[C@H]2O)[C@]2(C)C(C)CCC3(CCC(=O)[C@H]32)[C@@H](C)[C@@H]1O. The van der Waals surface area contributed by atoms with E-state index >= 15 is 0 Å². The highest BCUT2D eigenvalue weighted by Gasteiger charge is 2.68. The summed E-state index contributed by atoms with van der Waals surface area (Å²) in [5.41, 5.74) is -1.51. The van der Waals surface area contributed by atoms with Crippen LogP contribution in [-0.4, -0.2) is 63.2 Å². The van der Waals surface area contributed by atoms with E-state index in [1.165, 1.54) is 11.8 Å². The maximum atomic E-state index is 13.6. The Balaban J connectivity index is 1.54. The molecule has 2 unspecified atom stereocenters. The topological polar surface area (TPSA) is 113 Å². The number of amides is 1. The normalized spacial score (nSPS) is 45.3. The number of ether oxygens (including phenoxy) is 1. The minimum absolute atomic E-state index is 0.00277. The molecule has 4 rings (SSSR count). The van der Waals surface area contributed by atoms with Crippen LogP contribution in [0.1, 0.15) is 92.9 Å². The largest absolute Gasteiger partial charge is 0.461 e. The van der Waals surface area contributed by atoms with Gasteiger partial charge in [0.05, 0.1) is 18.0 Å². The molecular formula is C32H51NO6S. The predicted octanol–water partition coefficient (Wildman–Crippen LogP) is 4.68. The lowest BCUT2D eigenvalue weighted by molar-refractivity contribution is -0.205. The van der Waals surface area contributed by atoms with Gasteiger partial charge in [-0.2, -0.15) is 0 Å². The van der Waals surface area contributed by atoms with Crippen molar-refractivity contribution in [3.05, 3.63) is 12.7 Å². The van der Waals surface area contributed by atoms with Crippen molar-refractivity contribution in [1.29, 1.82) is 0 Å². The van der Waals surface area contributed by atoms with E-state index in [-0.39, 0.29) is 63.8 Å². The number of rotatable bonds is 7. The van der Waals surface area contributed by atoms with Crippen molar-refractivity contribution >= 4 is 29.4 Å². The van der Waals surface area contributed by atoms with Crippen LogP contribution in [0.25, 0.3) is 0 Å². The molecule has 0 aromatic carbocycles. The van der Waals surface area contributed by atoms with Gasteiger partial charge in [-0.15, -0.1) is 18.3 Å². The van der Waals surface area contributed by atoms with Crippen LogP contribution in [0.2, 0.25) is 0 Å². The summed E-state index contributed by atoms with van der Waals surface area (Å²) < 4.78 is 6.35. The summed E-state index contributed by atoms with van der Waals surface area (Å²) in [6.45, 7) is 16.2. The van der Waals surface area contributed by atoms with Crippen LogP contribution < -0.4 is 5.32 Å². The predicted molar refractivity (Wildman–Crippen MR) is 158 cm³/mol. The molecule has 8 heteroatoms. The van der Waals surface area contributed by atoms with Crippen molar-refractivity contribution in [2.24, 2.45) is 39.9 Å². The fourth-order valence-corrected chi connectivity index (χ4v) is 9.81. The number of Topliss-reactive ketones (excluding diaryl/α,β-unsaturated/α-hetero) is 1. The number of hydrogen-bond donors (Lipinski definition) is 3. The monoisotopic (exact) mass is 577 g/mol. The van der Waals surface area contributed by atoms with Gasteiger partial charge in [0.1, 0.15) is 11.9 Å². The van der Waals surface area contributed by atoms with Gasteiger partial charge in [0.15, 0.2) is 0 Å². The quantitative estimate of drug-likeness (QED) is 0.297. The molecule has 1 amide bonds. The second-order valence-corrected chi connectivity index (χ2v) is 15.4. The van der Waals surface area contributed by atoms with E-state index in [0.29, 0.717) is 25.7 Å². The Morgan fingerprint density at radius 3 is 2.52 bits per heavy atom. The molecule has 0 heterocycles. The second-order valence-electron chi connectivity index (χ2n) is 14.2. The van der Waals surface area contributed by atoms with E-state index in [0.717, 1.165) is 25.7 Å². The van der Waals surface area contributed by atoms with E-state index in [1.54, 1.807) is 0 Å². The Morgan fingerprint density at radius 2 is 1.88 bits per heavy atom. The number of hydrogen-bond acceptors (Lipinski definition) is 7. The van der Waals surface area contributed by atoms with Crippen molar-refractivity contribution in [1.82, 2.24) is 5.32 Å². The molecule has 7 nitrogen and oxygen atoms in total. The van der Waals surface area contributed by atoms with Gasteiger partial charge in [-0.25, -0.2) is 0 Å². The number of nitrogens with one attached hydrogen (secondary N) is 1. The lowest BCUT2D eigenvalue weighted by atomic mass is 9.44. The number of aliphatic hydroxyl groups excluding tert-OH is 2. The maximum Gasteiger partial charge on any atom is 0.316 e. The first-order valence-corrected chi connectivity index (χ1v) is 16.4. The summed E-state index contributed by atoms with van der Waals surface area (Å²) in [7, 11) is 0. The molecule has 0 radical (unpaired) electrons. The molecule has 3 N–H and O–H groups in total. The van der Waals surface area contributed by atoms with Gasteiger partial charge < -0.3 is 20.3 Å². The summed E-state index contributed by atoms with van der Waals surface area (Å²) in [5, 5.41) is 25.2. The molecule has 4 aliphatic rings. The van der Waals surface area contributed by atoms with E-state index in [1.807, 2.05) is 26.8 Å². The molecule has 0 aromatic rings. The minimum Gasteiger partial charge on any atom is -0.461 e. The Labute approximate surface area is 244 Å². The highest BCUT2D eigenvalue weighted by molar-refractivity contribution is 8.00. The molecule has 2 bridgehead atoms. The number of carbonyl (C=O) groups is 3. The lowest BCUT2D eigenvalue weighted by Crippen LogP contribution is -2.63. The van der Waals surface area contributed by atoms with Crippen LogP contribution in [0.15, 0.2) is 12.7 Å². The zero-order chi connectivity index (χ0) is 29.6. The van der Waals surface area contributed by atoms with Gasteiger partial charge in [-0.3, -0.25) is 14.4 Å².